The van der Waals surface area contributed by atoms with Gasteiger partial charge in [0.1, 0.15) is 6.10 Å². The summed E-state index contributed by atoms with van der Waals surface area (Å²) in [7, 11) is 3.03. The first-order valence-corrected chi connectivity index (χ1v) is 6.60. The van der Waals surface area contributed by atoms with E-state index in [1.165, 1.54) is 7.11 Å². The molecule has 5 nitrogen and oxygen atoms in total. The number of ether oxygens (including phenoxy) is 3. The molecule has 0 N–H and O–H groups in total. The zero-order valence-electron chi connectivity index (χ0n) is 12.8. The fourth-order valence-electron chi connectivity index (χ4n) is 1.54. The molecule has 0 aromatic heterocycles. The first kappa shape index (κ1) is 17.9. The SMILES string of the molecule is CC1CC(=O)OC1C.COC(=O)CC(C)C(C)OC. The molecule has 5 heteroatoms. The number of hydrogen-bond acceptors (Lipinski definition) is 5. The largest absolute Gasteiger partial charge is 0.469 e. The van der Waals surface area contributed by atoms with E-state index in [-0.39, 0.29) is 30.1 Å². The smallest absolute Gasteiger partial charge is 0.306 e. The summed E-state index contributed by atoms with van der Waals surface area (Å²) in [5.41, 5.74) is 0. The molecular formula is C14H26O5. The summed E-state index contributed by atoms with van der Waals surface area (Å²) >= 11 is 0. The van der Waals surface area contributed by atoms with Gasteiger partial charge >= 0.3 is 11.9 Å². The van der Waals surface area contributed by atoms with E-state index in [9.17, 15) is 9.59 Å². The van der Waals surface area contributed by atoms with Crippen molar-refractivity contribution in [3.63, 3.8) is 0 Å². The maximum atomic E-state index is 10.8. The minimum Gasteiger partial charge on any atom is -0.469 e. The minimum atomic E-state index is -0.179. The van der Waals surface area contributed by atoms with Crippen molar-refractivity contribution in [2.24, 2.45) is 11.8 Å². The molecule has 0 saturated carbocycles. The molecule has 4 unspecified atom stereocenters. The Bertz CT molecular complexity index is 278. The lowest BCUT2D eigenvalue weighted by Crippen LogP contribution is -2.20. The van der Waals surface area contributed by atoms with Gasteiger partial charge < -0.3 is 14.2 Å². The third-order valence-electron chi connectivity index (χ3n) is 3.50. The van der Waals surface area contributed by atoms with Crippen molar-refractivity contribution >= 4 is 11.9 Å². The molecule has 1 rings (SSSR count). The molecule has 4 atom stereocenters. The Hall–Kier alpha value is -1.10. The summed E-state index contributed by atoms with van der Waals surface area (Å²) in [5, 5.41) is 0. The normalized spacial score (nSPS) is 24.8. The molecule has 1 aliphatic heterocycles. The molecule has 0 aromatic carbocycles. The van der Waals surface area contributed by atoms with E-state index >= 15 is 0 Å². The summed E-state index contributed by atoms with van der Waals surface area (Å²) in [5.74, 6) is 0.404. The lowest BCUT2D eigenvalue weighted by atomic mass is 10.0. The van der Waals surface area contributed by atoms with Crippen LogP contribution in [0.1, 0.15) is 40.5 Å². The first-order chi connectivity index (χ1) is 8.81. The van der Waals surface area contributed by atoms with Gasteiger partial charge in [0.15, 0.2) is 0 Å². The van der Waals surface area contributed by atoms with Gasteiger partial charge in [0.05, 0.1) is 26.1 Å². The van der Waals surface area contributed by atoms with Gasteiger partial charge in [0.2, 0.25) is 0 Å². The van der Waals surface area contributed by atoms with Crippen molar-refractivity contribution in [3.05, 3.63) is 0 Å². The first-order valence-electron chi connectivity index (χ1n) is 6.60. The molecular weight excluding hydrogens is 248 g/mol. The second-order valence-corrected chi connectivity index (χ2v) is 5.07. The number of hydrogen-bond donors (Lipinski definition) is 0. The molecule has 0 aromatic rings. The van der Waals surface area contributed by atoms with Crippen molar-refractivity contribution in [1.82, 2.24) is 0 Å². The Kier molecular flexibility index (Phi) is 8.39. The van der Waals surface area contributed by atoms with Crippen LogP contribution in [0.3, 0.4) is 0 Å². The molecule has 19 heavy (non-hydrogen) atoms. The topological polar surface area (TPSA) is 61.8 Å². The molecule has 0 bridgehead atoms. The Morgan fingerprint density at radius 2 is 1.95 bits per heavy atom. The predicted molar refractivity (Wildman–Crippen MR) is 71.6 cm³/mol. The summed E-state index contributed by atoms with van der Waals surface area (Å²) in [4.78, 5) is 21.2. The third kappa shape index (κ3) is 7.15. The maximum Gasteiger partial charge on any atom is 0.306 e. The second-order valence-electron chi connectivity index (χ2n) is 5.07. The predicted octanol–water partition coefficient (Wildman–Crippen LogP) is 2.18. The highest BCUT2D eigenvalue weighted by Gasteiger charge is 2.26. The van der Waals surface area contributed by atoms with E-state index in [0.717, 1.165) is 0 Å². The quantitative estimate of drug-likeness (QED) is 0.735. The van der Waals surface area contributed by atoms with Gasteiger partial charge in [-0.25, -0.2) is 0 Å². The summed E-state index contributed by atoms with van der Waals surface area (Å²) in [6.07, 6.45) is 1.27. The average molecular weight is 274 g/mol. The molecule has 0 radical (unpaired) electrons. The average Bonchev–Trinajstić information content (AvgIpc) is 2.65. The van der Waals surface area contributed by atoms with Crippen LogP contribution in [-0.4, -0.2) is 38.4 Å². The standard InChI is InChI=1S/C8H16O3.C6H10O2/c1-6(7(2)10-3)5-8(9)11-4;1-4-3-6(7)8-5(4)2/h6-7H,5H2,1-4H3;4-5H,3H2,1-2H3. The van der Waals surface area contributed by atoms with Gasteiger partial charge in [0.25, 0.3) is 0 Å². The molecule has 0 spiro atoms. The number of carbonyl (C=O) groups is 2. The van der Waals surface area contributed by atoms with Crippen LogP contribution in [-0.2, 0) is 23.8 Å². The Labute approximate surface area is 115 Å². The monoisotopic (exact) mass is 274 g/mol. The highest BCUT2D eigenvalue weighted by atomic mass is 16.5. The number of cyclic esters (lactones) is 1. The van der Waals surface area contributed by atoms with Crippen molar-refractivity contribution < 1.29 is 23.8 Å². The Morgan fingerprint density at radius 1 is 1.37 bits per heavy atom. The van der Waals surface area contributed by atoms with E-state index in [4.69, 9.17) is 9.47 Å². The molecule has 0 amide bonds. The van der Waals surface area contributed by atoms with Gasteiger partial charge in [-0.3, -0.25) is 9.59 Å². The fraction of sp³-hybridized carbons (Fsp3) is 0.857. The Morgan fingerprint density at radius 3 is 2.21 bits per heavy atom. The molecule has 1 heterocycles. The van der Waals surface area contributed by atoms with Crippen LogP contribution in [0.15, 0.2) is 0 Å². The van der Waals surface area contributed by atoms with Crippen molar-refractivity contribution in [3.8, 4) is 0 Å². The molecule has 0 aliphatic carbocycles. The van der Waals surface area contributed by atoms with Crippen LogP contribution in [0.25, 0.3) is 0 Å². The molecule has 112 valence electrons. The zero-order chi connectivity index (χ0) is 15.0. The van der Waals surface area contributed by atoms with Crippen LogP contribution in [0.2, 0.25) is 0 Å². The summed E-state index contributed by atoms with van der Waals surface area (Å²) < 4.78 is 14.4. The third-order valence-corrected chi connectivity index (χ3v) is 3.50. The summed E-state index contributed by atoms with van der Waals surface area (Å²) in [6, 6.07) is 0. The minimum absolute atomic E-state index is 0.0509. The van der Waals surface area contributed by atoms with E-state index in [2.05, 4.69) is 4.74 Å². The van der Waals surface area contributed by atoms with Crippen LogP contribution in [0.4, 0.5) is 0 Å². The van der Waals surface area contributed by atoms with E-state index < -0.39 is 0 Å². The lowest BCUT2D eigenvalue weighted by molar-refractivity contribution is -0.143. The molecule has 1 fully saturated rings. The van der Waals surface area contributed by atoms with E-state index in [1.54, 1.807) is 7.11 Å². The van der Waals surface area contributed by atoms with Crippen LogP contribution < -0.4 is 0 Å². The van der Waals surface area contributed by atoms with Crippen LogP contribution >= 0.6 is 0 Å². The van der Waals surface area contributed by atoms with Crippen LogP contribution in [0.5, 0.6) is 0 Å². The van der Waals surface area contributed by atoms with Gasteiger partial charge in [0, 0.05) is 13.0 Å². The Balaban J connectivity index is 0.000000356. The van der Waals surface area contributed by atoms with Gasteiger partial charge in [-0.15, -0.1) is 0 Å². The van der Waals surface area contributed by atoms with E-state index in [0.29, 0.717) is 18.8 Å². The highest BCUT2D eigenvalue weighted by Crippen LogP contribution is 2.19. The number of carbonyl (C=O) groups excluding carboxylic acids is 2. The zero-order valence-corrected chi connectivity index (χ0v) is 12.8. The van der Waals surface area contributed by atoms with Gasteiger partial charge in [-0.2, -0.15) is 0 Å². The van der Waals surface area contributed by atoms with Crippen molar-refractivity contribution in [2.45, 2.75) is 52.7 Å². The fourth-order valence-corrected chi connectivity index (χ4v) is 1.54. The molecule has 1 saturated heterocycles. The van der Waals surface area contributed by atoms with Crippen LogP contribution in [0, 0.1) is 11.8 Å². The van der Waals surface area contributed by atoms with Crippen molar-refractivity contribution in [2.75, 3.05) is 14.2 Å². The summed E-state index contributed by atoms with van der Waals surface area (Å²) in [6.45, 7) is 7.85. The number of rotatable bonds is 4. The highest BCUT2D eigenvalue weighted by molar-refractivity contribution is 5.71. The lowest BCUT2D eigenvalue weighted by Gasteiger charge is -2.16. The number of methoxy groups -OCH3 is 2. The van der Waals surface area contributed by atoms with E-state index in [1.807, 2.05) is 27.7 Å². The molecule has 1 aliphatic rings. The number of esters is 2. The van der Waals surface area contributed by atoms with Gasteiger partial charge in [-0.05, 0) is 19.8 Å². The maximum absolute atomic E-state index is 10.8. The van der Waals surface area contributed by atoms with Gasteiger partial charge in [-0.1, -0.05) is 13.8 Å². The van der Waals surface area contributed by atoms with Crippen molar-refractivity contribution in [1.29, 1.82) is 0 Å². The second kappa shape index (κ2) is 8.91.